The number of nitrogens with two attached hydrogens (primary N) is 1. The van der Waals surface area contributed by atoms with E-state index >= 15 is 0 Å². The Labute approximate surface area is 101 Å². The first-order valence-corrected chi connectivity index (χ1v) is 6.38. The van der Waals surface area contributed by atoms with Crippen molar-refractivity contribution in [2.45, 2.75) is 37.5 Å². The molecule has 3 rings (SSSR count). The Morgan fingerprint density at radius 3 is 2.88 bits per heavy atom. The van der Waals surface area contributed by atoms with Crippen molar-refractivity contribution < 1.29 is 4.42 Å². The molecular formula is C14H18N2O. The molecule has 2 aromatic heterocycles. The summed E-state index contributed by atoms with van der Waals surface area (Å²) >= 11 is 0. The Balaban J connectivity index is 2.12. The molecule has 0 saturated heterocycles. The van der Waals surface area contributed by atoms with Gasteiger partial charge in [0.15, 0.2) is 5.58 Å². The SMILES string of the molecule is NCC1(c2coc3cccnc23)CCCCC1. The highest BCUT2D eigenvalue weighted by atomic mass is 16.3. The van der Waals surface area contributed by atoms with Gasteiger partial charge in [-0.3, -0.25) is 4.98 Å². The number of hydrogen-bond acceptors (Lipinski definition) is 3. The van der Waals surface area contributed by atoms with Gasteiger partial charge in [0.05, 0.1) is 6.26 Å². The van der Waals surface area contributed by atoms with Gasteiger partial charge in [0.1, 0.15) is 5.52 Å². The predicted molar refractivity (Wildman–Crippen MR) is 67.8 cm³/mol. The molecule has 3 heteroatoms. The van der Waals surface area contributed by atoms with E-state index in [0.29, 0.717) is 6.54 Å². The zero-order chi connectivity index (χ0) is 11.7. The smallest absolute Gasteiger partial charge is 0.152 e. The minimum atomic E-state index is 0.0951. The number of furan rings is 1. The van der Waals surface area contributed by atoms with Crippen molar-refractivity contribution in [2.24, 2.45) is 5.73 Å². The van der Waals surface area contributed by atoms with E-state index in [-0.39, 0.29) is 5.41 Å². The molecule has 0 unspecified atom stereocenters. The van der Waals surface area contributed by atoms with Gasteiger partial charge in [0, 0.05) is 23.7 Å². The summed E-state index contributed by atoms with van der Waals surface area (Å²) in [5.74, 6) is 0. The minimum absolute atomic E-state index is 0.0951. The Bertz CT molecular complexity index is 512. The molecule has 0 spiro atoms. The van der Waals surface area contributed by atoms with Crippen LogP contribution in [0.3, 0.4) is 0 Å². The van der Waals surface area contributed by atoms with Crippen LogP contribution < -0.4 is 5.73 Å². The molecule has 0 aliphatic heterocycles. The molecule has 2 N–H and O–H groups in total. The van der Waals surface area contributed by atoms with E-state index < -0.39 is 0 Å². The molecule has 1 aliphatic carbocycles. The van der Waals surface area contributed by atoms with Gasteiger partial charge in [-0.05, 0) is 25.0 Å². The highest BCUT2D eigenvalue weighted by molar-refractivity contribution is 5.77. The van der Waals surface area contributed by atoms with Crippen LogP contribution in [0.4, 0.5) is 0 Å². The first-order valence-electron chi connectivity index (χ1n) is 6.38. The van der Waals surface area contributed by atoms with Crippen molar-refractivity contribution in [1.29, 1.82) is 0 Å². The summed E-state index contributed by atoms with van der Waals surface area (Å²) < 4.78 is 5.61. The molecule has 0 atom stereocenters. The van der Waals surface area contributed by atoms with Crippen molar-refractivity contribution in [3.63, 3.8) is 0 Å². The van der Waals surface area contributed by atoms with Crippen LogP contribution in [0.2, 0.25) is 0 Å². The summed E-state index contributed by atoms with van der Waals surface area (Å²) in [7, 11) is 0. The van der Waals surface area contributed by atoms with Gasteiger partial charge in [-0.1, -0.05) is 19.3 Å². The van der Waals surface area contributed by atoms with Crippen molar-refractivity contribution in [3.05, 3.63) is 30.2 Å². The van der Waals surface area contributed by atoms with E-state index in [9.17, 15) is 0 Å². The zero-order valence-electron chi connectivity index (χ0n) is 9.98. The number of aromatic nitrogens is 1. The van der Waals surface area contributed by atoms with Crippen molar-refractivity contribution in [1.82, 2.24) is 4.98 Å². The van der Waals surface area contributed by atoms with Gasteiger partial charge in [-0.25, -0.2) is 0 Å². The molecule has 2 aromatic rings. The van der Waals surface area contributed by atoms with E-state index in [2.05, 4.69) is 4.98 Å². The van der Waals surface area contributed by atoms with Gasteiger partial charge in [-0.15, -0.1) is 0 Å². The van der Waals surface area contributed by atoms with E-state index in [1.165, 1.54) is 24.8 Å². The molecule has 90 valence electrons. The Hall–Kier alpha value is -1.35. The van der Waals surface area contributed by atoms with Gasteiger partial charge < -0.3 is 10.2 Å². The van der Waals surface area contributed by atoms with Crippen LogP contribution in [0.25, 0.3) is 11.1 Å². The average molecular weight is 230 g/mol. The monoisotopic (exact) mass is 230 g/mol. The standard InChI is InChI=1S/C14H18N2O/c15-10-14(6-2-1-3-7-14)11-9-17-12-5-4-8-16-13(11)12/h4-5,8-9H,1-3,6-7,10,15H2. The molecule has 0 bridgehead atoms. The summed E-state index contributed by atoms with van der Waals surface area (Å²) in [6, 6.07) is 3.88. The lowest BCUT2D eigenvalue weighted by Crippen LogP contribution is -2.37. The summed E-state index contributed by atoms with van der Waals surface area (Å²) in [4.78, 5) is 4.46. The van der Waals surface area contributed by atoms with Crippen LogP contribution in [0.15, 0.2) is 29.0 Å². The second-order valence-corrected chi connectivity index (χ2v) is 5.04. The van der Waals surface area contributed by atoms with Gasteiger partial charge in [0.2, 0.25) is 0 Å². The third kappa shape index (κ3) is 1.65. The van der Waals surface area contributed by atoms with Crippen molar-refractivity contribution in [2.75, 3.05) is 6.54 Å². The van der Waals surface area contributed by atoms with E-state index in [4.69, 9.17) is 10.2 Å². The molecule has 0 aromatic carbocycles. The van der Waals surface area contributed by atoms with Crippen LogP contribution in [0, 0.1) is 0 Å². The highest BCUT2D eigenvalue weighted by Crippen LogP contribution is 2.41. The fourth-order valence-corrected chi connectivity index (χ4v) is 3.05. The lowest BCUT2D eigenvalue weighted by molar-refractivity contribution is 0.300. The first-order chi connectivity index (χ1) is 8.36. The quantitative estimate of drug-likeness (QED) is 0.862. The average Bonchev–Trinajstić information content (AvgIpc) is 2.84. The van der Waals surface area contributed by atoms with Crippen LogP contribution >= 0.6 is 0 Å². The third-order valence-corrected chi connectivity index (χ3v) is 4.10. The maximum atomic E-state index is 6.05. The summed E-state index contributed by atoms with van der Waals surface area (Å²) in [5.41, 5.74) is 9.24. The van der Waals surface area contributed by atoms with Gasteiger partial charge in [-0.2, -0.15) is 0 Å². The molecule has 3 nitrogen and oxygen atoms in total. The molecule has 1 saturated carbocycles. The molecule has 0 amide bonds. The molecule has 2 heterocycles. The maximum absolute atomic E-state index is 6.05. The number of nitrogens with zero attached hydrogens (tertiary/aromatic N) is 1. The summed E-state index contributed by atoms with van der Waals surface area (Å²) in [6.45, 7) is 0.693. The lowest BCUT2D eigenvalue weighted by Gasteiger charge is -2.35. The summed E-state index contributed by atoms with van der Waals surface area (Å²) in [5, 5.41) is 0. The maximum Gasteiger partial charge on any atom is 0.152 e. The number of fused-ring (bicyclic) bond motifs is 1. The molecule has 0 radical (unpaired) electrons. The van der Waals surface area contributed by atoms with Crippen molar-refractivity contribution >= 4 is 11.1 Å². The van der Waals surface area contributed by atoms with E-state index in [1.807, 2.05) is 24.6 Å². The van der Waals surface area contributed by atoms with Gasteiger partial charge >= 0.3 is 0 Å². The van der Waals surface area contributed by atoms with Crippen LogP contribution in [-0.2, 0) is 5.41 Å². The van der Waals surface area contributed by atoms with Crippen LogP contribution in [0.5, 0.6) is 0 Å². The minimum Gasteiger partial charge on any atom is -0.462 e. The number of hydrogen-bond donors (Lipinski definition) is 1. The van der Waals surface area contributed by atoms with E-state index in [1.54, 1.807) is 0 Å². The second kappa shape index (κ2) is 4.15. The predicted octanol–water partition coefficient (Wildman–Crippen LogP) is 2.99. The molecule has 1 fully saturated rings. The van der Waals surface area contributed by atoms with E-state index in [0.717, 1.165) is 23.9 Å². The molecule has 17 heavy (non-hydrogen) atoms. The fourth-order valence-electron chi connectivity index (χ4n) is 3.05. The fraction of sp³-hybridized carbons (Fsp3) is 0.500. The summed E-state index contributed by atoms with van der Waals surface area (Å²) in [6.07, 6.45) is 9.87. The first kappa shape index (κ1) is 10.8. The largest absolute Gasteiger partial charge is 0.462 e. The lowest BCUT2D eigenvalue weighted by atomic mass is 9.70. The Morgan fingerprint density at radius 2 is 2.12 bits per heavy atom. The van der Waals surface area contributed by atoms with Crippen LogP contribution in [-0.4, -0.2) is 11.5 Å². The highest BCUT2D eigenvalue weighted by Gasteiger charge is 2.35. The molecule has 1 aliphatic rings. The topological polar surface area (TPSA) is 52.0 Å². The molecular weight excluding hydrogens is 212 g/mol. The third-order valence-electron chi connectivity index (χ3n) is 4.10. The van der Waals surface area contributed by atoms with Gasteiger partial charge in [0.25, 0.3) is 0 Å². The number of pyridine rings is 1. The second-order valence-electron chi connectivity index (χ2n) is 5.04. The van der Waals surface area contributed by atoms with Crippen LogP contribution in [0.1, 0.15) is 37.7 Å². The Kier molecular flexibility index (Phi) is 2.63. The zero-order valence-corrected chi connectivity index (χ0v) is 9.98. The number of rotatable bonds is 2. The Morgan fingerprint density at radius 1 is 1.29 bits per heavy atom. The normalized spacial score (nSPS) is 19.6. The van der Waals surface area contributed by atoms with Crippen molar-refractivity contribution in [3.8, 4) is 0 Å².